The molecule has 0 aliphatic heterocycles. The van der Waals surface area contributed by atoms with Crippen LogP contribution < -0.4 is 23.0 Å². The van der Waals surface area contributed by atoms with Crippen LogP contribution in [0.15, 0.2) is 30.3 Å². The Labute approximate surface area is 84.3 Å². The topological polar surface area (TPSA) is 90.1 Å². The van der Waals surface area contributed by atoms with Crippen molar-refractivity contribution in [1.29, 1.82) is 0 Å². The predicted octanol–water partition coefficient (Wildman–Crippen LogP) is 0.635. The molecule has 0 aliphatic rings. The number of anilines is 1. The van der Waals surface area contributed by atoms with Crippen LogP contribution >= 0.6 is 24.8 Å². The average molecular weight is 213 g/mol. The third-order valence-corrected chi connectivity index (χ3v) is 0.940. The highest BCUT2D eigenvalue weighted by molar-refractivity contribution is 5.85. The van der Waals surface area contributed by atoms with Crippen molar-refractivity contribution in [3.05, 3.63) is 30.3 Å². The van der Waals surface area contributed by atoms with Crippen LogP contribution in [0.1, 0.15) is 0 Å². The molecule has 0 aliphatic carbocycles. The summed E-state index contributed by atoms with van der Waals surface area (Å²) >= 11 is 0. The first kappa shape index (κ1) is 17.5. The molecule has 0 unspecified atom stereocenters. The predicted molar refractivity (Wildman–Crippen MR) is 57.1 cm³/mol. The van der Waals surface area contributed by atoms with Gasteiger partial charge in [0.2, 0.25) is 0 Å². The molecule has 7 N–H and O–H groups in total. The highest BCUT2D eigenvalue weighted by Gasteiger charge is 1.78. The molecular weight excluding hydrogens is 199 g/mol. The van der Waals surface area contributed by atoms with Crippen LogP contribution in [0.5, 0.6) is 0 Å². The van der Waals surface area contributed by atoms with E-state index in [0.717, 1.165) is 5.69 Å². The second kappa shape index (κ2) is 13.1. The van der Waals surface area contributed by atoms with E-state index in [0.29, 0.717) is 0 Å². The van der Waals surface area contributed by atoms with Crippen molar-refractivity contribution in [3.63, 3.8) is 0 Å². The molecule has 0 saturated heterocycles. The van der Waals surface area contributed by atoms with Crippen molar-refractivity contribution >= 4 is 30.5 Å². The fourth-order valence-corrected chi connectivity index (χ4v) is 0.534. The summed E-state index contributed by atoms with van der Waals surface area (Å²) in [6.07, 6.45) is 0. The number of halogens is 2. The Morgan fingerprint density at radius 3 is 1.58 bits per heavy atom. The summed E-state index contributed by atoms with van der Waals surface area (Å²) < 4.78 is 0. The number of nitrogens with two attached hydrogens (primary N) is 3. The molecule has 0 bridgehead atoms. The van der Waals surface area contributed by atoms with E-state index in [4.69, 9.17) is 5.84 Å². The minimum atomic E-state index is 0. The molecule has 6 heteroatoms. The van der Waals surface area contributed by atoms with Gasteiger partial charge < -0.3 is 5.43 Å². The zero-order valence-corrected chi connectivity index (χ0v) is 8.07. The molecule has 4 nitrogen and oxygen atoms in total. The summed E-state index contributed by atoms with van der Waals surface area (Å²) in [5.41, 5.74) is 3.46. The summed E-state index contributed by atoms with van der Waals surface area (Å²) in [5.74, 6) is 13.1. The Bertz CT molecular complexity index is 159. The molecule has 0 saturated carbocycles. The van der Waals surface area contributed by atoms with Gasteiger partial charge in [0.15, 0.2) is 0 Å². The first-order valence-corrected chi connectivity index (χ1v) is 2.78. The minimum Gasteiger partial charge on any atom is -0.324 e. The third-order valence-electron chi connectivity index (χ3n) is 0.940. The molecule has 0 spiro atoms. The van der Waals surface area contributed by atoms with Gasteiger partial charge >= 0.3 is 0 Å². The lowest BCUT2D eigenvalue weighted by atomic mass is 10.3. The van der Waals surface area contributed by atoms with Gasteiger partial charge in [0.1, 0.15) is 0 Å². The van der Waals surface area contributed by atoms with Crippen molar-refractivity contribution in [2.45, 2.75) is 0 Å². The Morgan fingerprint density at radius 1 is 0.917 bits per heavy atom. The summed E-state index contributed by atoms with van der Waals surface area (Å²) in [5, 5.41) is 0. The molecule has 0 amide bonds. The lowest BCUT2D eigenvalue weighted by molar-refractivity contribution is 1.26. The Kier molecular flexibility index (Phi) is 19.1. The zero-order valence-electron chi connectivity index (χ0n) is 6.44. The Morgan fingerprint density at radius 2 is 1.33 bits per heavy atom. The maximum absolute atomic E-state index is 5.10. The third kappa shape index (κ3) is 7.59. The summed E-state index contributed by atoms with van der Waals surface area (Å²) in [4.78, 5) is 0. The largest absolute Gasteiger partial charge is 0.324 e. The van der Waals surface area contributed by atoms with E-state index >= 15 is 0 Å². The first-order chi connectivity index (χ1) is 4.93. The molecule has 1 aromatic carbocycles. The van der Waals surface area contributed by atoms with Crippen LogP contribution in [0, 0.1) is 0 Å². The van der Waals surface area contributed by atoms with Crippen LogP contribution in [0.4, 0.5) is 5.69 Å². The number of benzene rings is 1. The van der Waals surface area contributed by atoms with Crippen LogP contribution in [-0.4, -0.2) is 0 Å². The molecule has 1 aromatic rings. The number of hydrazine groups is 2. The molecular formula is C6H14Cl2N4. The van der Waals surface area contributed by atoms with Crippen LogP contribution in [0.25, 0.3) is 0 Å². The van der Waals surface area contributed by atoms with Crippen molar-refractivity contribution in [1.82, 2.24) is 0 Å². The second-order valence-electron chi connectivity index (χ2n) is 1.51. The Hall–Kier alpha value is -0.520. The number of nitrogens with one attached hydrogen (secondary N) is 1. The maximum Gasteiger partial charge on any atom is 0.0485 e. The highest BCUT2D eigenvalue weighted by atomic mass is 35.5. The quantitative estimate of drug-likeness (QED) is 0.407. The Balaban J connectivity index is -0.000000189. The number of hydrogen-bond donors (Lipinski definition) is 4. The molecule has 1 rings (SSSR count). The maximum atomic E-state index is 5.10. The smallest absolute Gasteiger partial charge is 0.0485 e. The number of rotatable bonds is 1. The van der Waals surface area contributed by atoms with Crippen molar-refractivity contribution in [2.75, 3.05) is 5.43 Å². The van der Waals surface area contributed by atoms with Gasteiger partial charge in [-0.3, -0.25) is 17.5 Å². The van der Waals surface area contributed by atoms with E-state index in [2.05, 4.69) is 17.1 Å². The van der Waals surface area contributed by atoms with Crippen molar-refractivity contribution < 1.29 is 0 Å². The monoisotopic (exact) mass is 212 g/mol. The summed E-state index contributed by atoms with van der Waals surface area (Å²) in [7, 11) is 0. The van der Waals surface area contributed by atoms with E-state index in [1.54, 1.807) is 0 Å². The molecule has 0 radical (unpaired) electrons. The van der Waals surface area contributed by atoms with Crippen molar-refractivity contribution in [3.8, 4) is 0 Å². The SMILES string of the molecule is Cl.Cl.NN.NNc1ccccc1. The van der Waals surface area contributed by atoms with Gasteiger partial charge in [0.05, 0.1) is 0 Å². The molecule has 0 atom stereocenters. The van der Waals surface area contributed by atoms with E-state index in [1.165, 1.54) is 0 Å². The van der Waals surface area contributed by atoms with Gasteiger partial charge in [0, 0.05) is 5.69 Å². The fourth-order valence-electron chi connectivity index (χ4n) is 0.534. The lowest BCUT2D eigenvalue weighted by Gasteiger charge is -1.94. The average Bonchev–Trinajstić information content (AvgIpc) is 2.10. The van der Waals surface area contributed by atoms with Gasteiger partial charge in [-0.25, -0.2) is 0 Å². The molecule has 0 fully saturated rings. The standard InChI is InChI=1S/C6H8N2.2ClH.H4N2/c7-8-6-4-2-1-3-5-6;;;1-2/h1-5,8H,7H2;2*1H;1-2H2. The number of nitrogen functional groups attached to an aromatic ring is 1. The molecule has 0 heterocycles. The van der Waals surface area contributed by atoms with Crippen LogP contribution in [0.3, 0.4) is 0 Å². The summed E-state index contributed by atoms with van der Waals surface area (Å²) in [6, 6.07) is 9.60. The fraction of sp³-hybridized carbons (Fsp3) is 0. The van der Waals surface area contributed by atoms with Gasteiger partial charge in [-0.05, 0) is 12.1 Å². The van der Waals surface area contributed by atoms with Crippen LogP contribution in [0.2, 0.25) is 0 Å². The van der Waals surface area contributed by atoms with E-state index in [-0.39, 0.29) is 24.8 Å². The summed E-state index contributed by atoms with van der Waals surface area (Å²) in [6.45, 7) is 0. The number of hydrogen-bond acceptors (Lipinski definition) is 4. The molecule has 72 valence electrons. The molecule has 0 aromatic heterocycles. The van der Waals surface area contributed by atoms with Gasteiger partial charge in [0.25, 0.3) is 0 Å². The van der Waals surface area contributed by atoms with Crippen molar-refractivity contribution in [2.24, 2.45) is 17.5 Å². The zero-order chi connectivity index (χ0) is 7.82. The molecule has 12 heavy (non-hydrogen) atoms. The lowest BCUT2D eigenvalue weighted by Crippen LogP contribution is -2.05. The van der Waals surface area contributed by atoms with E-state index in [9.17, 15) is 0 Å². The highest BCUT2D eigenvalue weighted by Crippen LogP contribution is 2.00. The minimum absolute atomic E-state index is 0. The second-order valence-corrected chi connectivity index (χ2v) is 1.51. The first-order valence-electron chi connectivity index (χ1n) is 2.78. The number of para-hydroxylation sites is 1. The van der Waals surface area contributed by atoms with Gasteiger partial charge in [-0.1, -0.05) is 18.2 Å². The van der Waals surface area contributed by atoms with E-state index in [1.807, 2.05) is 30.3 Å². The van der Waals surface area contributed by atoms with E-state index < -0.39 is 0 Å². The van der Waals surface area contributed by atoms with Crippen LogP contribution in [-0.2, 0) is 0 Å². The normalized spacial score (nSPS) is 6.25. The van der Waals surface area contributed by atoms with Gasteiger partial charge in [-0.15, -0.1) is 24.8 Å². The van der Waals surface area contributed by atoms with Gasteiger partial charge in [-0.2, -0.15) is 0 Å².